The molecule has 0 amide bonds. The van der Waals surface area contributed by atoms with Gasteiger partial charge in [-0.2, -0.15) is 0 Å². The van der Waals surface area contributed by atoms with Crippen LogP contribution in [0.4, 0.5) is 5.95 Å². The second kappa shape index (κ2) is 4.56. The van der Waals surface area contributed by atoms with Crippen molar-refractivity contribution in [3.8, 4) is 12.3 Å². The smallest absolute Gasteiger partial charge is 0.203 e. The molecule has 1 heterocycles. The highest BCUT2D eigenvalue weighted by molar-refractivity contribution is 5.30. The van der Waals surface area contributed by atoms with Gasteiger partial charge in [0.1, 0.15) is 0 Å². The molecule has 1 rings (SSSR count). The molecule has 0 radical (unpaired) electrons. The molecule has 0 aliphatic rings. The number of aromatic nitrogens is 2. The van der Waals surface area contributed by atoms with Gasteiger partial charge < -0.3 is 9.88 Å². The molecular formula is C10H15N3. The van der Waals surface area contributed by atoms with E-state index in [1.807, 2.05) is 17.8 Å². The maximum Gasteiger partial charge on any atom is 0.203 e. The predicted molar refractivity (Wildman–Crippen MR) is 54.4 cm³/mol. The molecule has 0 fully saturated rings. The Labute approximate surface area is 79.2 Å². The molecule has 0 aliphatic carbocycles. The van der Waals surface area contributed by atoms with Crippen LogP contribution in [0.25, 0.3) is 0 Å². The van der Waals surface area contributed by atoms with Crippen molar-refractivity contribution >= 4 is 5.95 Å². The predicted octanol–water partition coefficient (Wildman–Crippen LogP) is 1.63. The summed E-state index contributed by atoms with van der Waals surface area (Å²) < 4.78 is 1.92. The quantitative estimate of drug-likeness (QED) is 0.708. The first-order valence-corrected chi connectivity index (χ1v) is 4.48. The third kappa shape index (κ3) is 2.51. The van der Waals surface area contributed by atoms with E-state index >= 15 is 0 Å². The lowest BCUT2D eigenvalue weighted by Crippen LogP contribution is -2.19. The number of aryl methyl sites for hydroxylation is 1. The Balaban J connectivity index is 2.57. The Bertz CT molecular complexity index is 295. The van der Waals surface area contributed by atoms with Crippen molar-refractivity contribution in [2.75, 3.05) is 5.32 Å². The zero-order valence-electron chi connectivity index (χ0n) is 8.12. The Hall–Kier alpha value is -1.43. The van der Waals surface area contributed by atoms with E-state index in [1.54, 1.807) is 6.20 Å². The molecule has 1 atom stereocenters. The van der Waals surface area contributed by atoms with Gasteiger partial charge in [-0.3, -0.25) is 0 Å². The molecule has 0 aromatic carbocycles. The van der Waals surface area contributed by atoms with E-state index in [1.165, 1.54) is 0 Å². The van der Waals surface area contributed by atoms with Crippen molar-refractivity contribution in [1.82, 2.24) is 9.55 Å². The van der Waals surface area contributed by atoms with Gasteiger partial charge in [0.2, 0.25) is 5.95 Å². The van der Waals surface area contributed by atoms with Crippen molar-refractivity contribution in [3.63, 3.8) is 0 Å². The number of nitrogens with one attached hydrogen (secondary N) is 1. The zero-order chi connectivity index (χ0) is 9.68. The average Bonchev–Trinajstić information content (AvgIpc) is 2.51. The minimum Gasteiger partial charge on any atom is -0.342 e. The normalized spacial score (nSPS) is 12.1. The lowest BCUT2D eigenvalue weighted by molar-refractivity contribution is 0.739. The molecule has 0 bridgehead atoms. The van der Waals surface area contributed by atoms with Crippen LogP contribution in [0, 0.1) is 12.3 Å². The first-order valence-electron chi connectivity index (χ1n) is 4.48. The molecule has 0 saturated heterocycles. The second-order valence-electron chi connectivity index (χ2n) is 3.01. The van der Waals surface area contributed by atoms with Crippen LogP contribution in [0.3, 0.4) is 0 Å². The van der Waals surface area contributed by atoms with Crippen molar-refractivity contribution < 1.29 is 0 Å². The number of nitrogens with zero attached hydrogens (tertiary/aromatic N) is 2. The monoisotopic (exact) mass is 177 g/mol. The van der Waals surface area contributed by atoms with Crippen LogP contribution in [0.1, 0.15) is 19.8 Å². The molecule has 13 heavy (non-hydrogen) atoms. The molecule has 1 unspecified atom stereocenters. The lowest BCUT2D eigenvalue weighted by atomic mass is 10.2. The molecule has 1 aromatic heterocycles. The van der Waals surface area contributed by atoms with Crippen LogP contribution in [-0.4, -0.2) is 15.6 Å². The van der Waals surface area contributed by atoms with E-state index in [9.17, 15) is 0 Å². The molecule has 70 valence electrons. The van der Waals surface area contributed by atoms with Crippen LogP contribution < -0.4 is 5.32 Å². The van der Waals surface area contributed by atoms with Crippen LogP contribution in [0.15, 0.2) is 12.4 Å². The van der Waals surface area contributed by atoms with Gasteiger partial charge in [-0.1, -0.05) is 19.3 Å². The van der Waals surface area contributed by atoms with E-state index in [0.29, 0.717) is 0 Å². The summed E-state index contributed by atoms with van der Waals surface area (Å²) in [5, 5.41) is 3.19. The fraction of sp³-hybridized carbons (Fsp3) is 0.500. The summed E-state index contributed by atoms with van der Waals surface area (Å²) in [6.07, 6.45) is 11.1. The Kier molecular flexibility index (Phi) is 3.39. The zero-order valence-corrected chi connectivity index (χ0v) is 8.12. The van der Waals surface area contributed by atoms with Gasteiger partial charge in [0, 0.05) is 19.4 Å². The maximum absolute atomic E-state index is 5.38. The summed E-state index contributed by atoms with van der Waals surface area (Å²) in [5.41, 5.74) is 0. The fourth-order valence-electron chi connectivity index (χ4n) is 1.15. The molecule has 0 spiro atoms. The molecule has 3 heteroatoms. The Morgan fingerprint density at radius 3 is 3.00 bits per heavy atom. The fourth-order valence-corrected chi connectivity index (χ4v) is 1.15. The third-order valence-electron chi connectivity index (χ3n) is 1.90. The highest BCUT2D eigenvalue weighted by Crippen LogP contribution is 2.06. The molecule has 1 aromatic rings. The number of anilines is 1. The van der Waals surface area contributed by atoms with Crippen LogP contribution in [-0.2, 0) is 7.05 Å². The van der Waals surface area contributed by atoms with Gasteiger partial charge >= 0.3 is 0 Å². The summed E-state index contributed by atoms with van der Waals surface area (Å²) in [5.74, 6) is 3.53. The van der Waals surface area contributed by atoms with Gasteiger partial charge in [0.25, 0.3) is 0 Å². The highest BCUT2D eigenvalue weighted by Gasteiger charge is 2.05. The van der Waals surface area contributed by atoms with E-state index < -0.39 is 0 Å². The topological polar surface area (TPSA) is 29.9 Å². The van der Waals surface area contributed by atoms with Gasteiger partial charge in [0.05, 0.1) is 6.04 Å². The van der Waals surface area contributed by atoms with Gasteiger partial charge in [-0.05, 0) is 6.42 Å². The first kappa shape index (κ1) is 9.66. The van der Waals surface area contributed by atoms with Crippen LogP contribution >= 0.6 is 0 Å². The van der Waals surface area contributed by atoms with Crippen LogP contribution in [0.5, 0.6) is 0 Å². The third-order valence-corrected chi connectivity index (χ3v) is 1.90. The number of imidazole rings is 1. The average molecular weight is 177 g/mol. The Morgan fingerprint density at radius 2 is 2.54 bits per heavy atom. The number of hydrogen-bond acceptors (Lipinski definition) is 2. The number of hydrogen-bond donors (Lipinski definition) is 1. The standard InChI is InChI=1S/C10H15N3/c1-4-6-9(5-2)12-10-11-7-8-13(10)3/h2,7-9H,4,6H2,1,3H3,(H,11,12). The van der Waals surface area contributed by atoms with Gasteiger partial charge in [0.15, 0.2) is 0 Å². The number of rotatable bonds is 4. The lowest BCUT2D eigenvalue weighted by Gasteiger charge is -2.12. The summed E-state index contributed by atoms with van der Waals surface area (Å²) in [4.78, 5) is 4.14. The summed E-state index contributed by atoms with van der Waals surface area (Å²) in [6.45, 7) is 2.12. The van der Waals surface area contributed by atoms with Crippen molar-refractivity contribution in [3.05, 3.63) is 12.4 Å². The summed E-state index contributed by atoms with van der Waals surface area (Å²) in [6, 6.07) is 0.0890. The van der Waals surface area contributed by atoms with Crippen molar-refractivity contribution in [2.45, 2.75) is 25.8 Å². The van der Waals surface area contributed by atoms with Crippen LogP contribution in [0.2, 0.25) is 0 Å². The molecular weight excluding hydrogens is 162 g/mol. The van der Waals surface area contributed by atoms with E-state index in [-0.39, 0.29) is 6.04 Å². The SMILES string of the molecule is C#CC(CCC)Nc1nccn1C. The van der Waals surface area contributed by atoms with Crippen molar-refractivity contribution in [1.29, 1.82) is 0 Å². The Morgan fingerprint density at radius 1 is 1.77 bits per heavy atom. The summed E-state index contributed by atoms with van der Waals surface area (Å²) in [7, 11) is 1.94. The van der Waals surface area contributed by atoms with E-state index in [0.717, 1.165) is 18.8 Å². The van der Waals surface area contributed by atoms with Crippen molar-refractivity contribution in [2.24, 2.45) is 7.05 Å². The van der Waals surface area contributed by atoms with Gasteiger partial charge in [-0.15, -0.1) is 6.42 Å². The van der Waals surface area contributed by atoms with E-state index in [4.69, 9.17) is 6.42 Å². The van der Waals surface area contributed by atoms with Gasteiger partial charge in [-0.25, -0.2) is 4.98 Å². The molecule has 0 aliphatic heterocycles. The molecule has 3 nitrogen and oxygen atoms in total. The number of terminal acetylenes is 1. The highest BCUT2D eigenvalue weighted by atomic mass is 15.2. The minimum absolute atomic E-state index is 0.0890. The van der Waals surface area contributed by atoms with E-state index in [2.05, 4.69) is 23.1 Å². The largest absolute Gasteiger partial charge is 0.342 e. The molecule has 0 saturated carbocycles. The molecule has 1 N–H and O–H groups in total. The maximum atomic E-state index is 5.38. The summed E-state index contributed by atoms with van der Waals surface area (Å²) >= 11 is 0. The first-order chi connectivity index (χ1) is 6.27. The second-order valence-corrected chi connectivity index (χ2v) is 3.01. The minimum atomic E-state index is 0.0890.